The lowest BCUT2D eigenvalue weighted by atomic mass is 9.92. The molecule has 0 saturated heterocycles. The van der Waals surface area contributed by atoms with Crippen LogP contribution in [-0.2, 0) is 10.2 Å². The predicted octanol–water partition coefficient (Wildman–Crippen LogP) is 5.03. The van der Waals surface area contributed by atoms with Crippen molar-refractivity contribution < 1.29 is 9.59 Å². The van der Waals surface area contributed by atoms with Gasteiger partial charge < -0.3 is 10.2 Å². The number of hydrogen-bond donors (Lipinski definition) is 1. The van der Waals surface area contributed by atoms with Crippen LogP contribution in [0.3, 0.4) is 0 Å². The van der Waals surface area contributed by atoms with Crippen LogP contribution in [0.15, 0.2) is 47.8 Å². The minimum atomic E-state index is -0.256. The Hall–Kier alpha value is -2.93. The quantitative estimate of drug-likeness (QED) is 0.587. The van der Waals surface area contributed by atoms with Gasteiger partial charge >= 0.3 is 0 Å². The Morgan fingerprint density at radius 1 is 1.16 bits per heavy atom. The third-order valence-electron chi connectivity index (χ3n) is 5.02. The lowest BCUT2D eigenvalue weighted by Crippen LogP contribution is -2.42. The second-order valence-electron chi connectivity index (χ2n) is 8.92. The molecule has 1 N–H and O–H groups in total. The summed E-state index contributed by atoms with van der Waals surface area (Å²) in [5.74, 6) is 0.202. The predicted molar refractivity (Wildman–Crippen MR) is 126 cm³/mol. The largest absolute Gasteiger partial charge is 0.326 e. The fraction of sp³-hybridized carbons (Fsp3) is 0.375. The molecule has 0 aliphatic rings. The summed E-state index contributed by atoms with van der Waals surface area (Å²) in [5, 5.41) is 9.63. The van der Waals surface area contributed by atoms with E-state index in [-0.39, 0.29) is 29.8 Å². The number of carbonyl (C=O) groups excluding carboxylic acids is 2. The zero-order chi connectivity index (χ0) is 22.8. The molecule has 0 bridgehead atoms. The van der Waals surface area contributed by atoms with Gasteiger partial charge in [-0.15, -0.1) is 11.3 Å². The summed E-state index contributed by atoms with van der Waals surface area (Å²) in [4.78, 5) is 28.0. The van der Waals surface area contributed by atoms with E-state index in [9.17, 15) is 9.59 Å². The molecule has 0 unspecified atom stereocenters. The molecule has 6 nitrogen and oxygen atoms in total. The van der Waals surface area contributed by atoms with Crippen molar-refractivity contribution in [2.24, 2.45) is 0 Å². The average Bonchev–Trinajstić information content (AvgIpc) is 3.36. The third kappa shape index (κ3) is 5.22. The summed E-state index contributed by atoms with van der Waals surface area (Å²) in [6.45, 7) is 12.1. The second kappa shape index (κ2) is 9.06. The van der Waals surface area contributed by atoms with Crippen LogP contribution in [0.25, 0.3) is 5.69 Å². The van der Waals surface area contributed by atoms with Gasteiger partial charge in [0.05, 0.1) is 16.3 Å². The highest BCUT2D eigenvalue weighted by molar-refractivity contribution is 7.12. The van der Waals surface area contributed by atoms with Crippen LogP contribution in [0.5, 0.6) is 0 Å². The van der Waals surface area contributed by atoms with Crippen LogP contribution < -0.4 is 5.32 Å². The highest BCUT2D eigenvalue weighted by Crippen LogP contribution is 2.27. The molecule has 3 aromatic rings. The number of anilines is 1. The molecular formula is C24H30N4O2S. The molecule has 0 aliphatic heterocycles. The van der Waals surface area contributed by atoms with Crippen LogP contribution in [0, 0.1) is 6.92 Å². The third-order valence-corrected chi connectivity index (χ3v) is 5.88. The minimum absolute atomic E-state index is 0.0296. The van der Waals surface area contributed by atoms with E-state index in [4.69, 9.17) is 5.10 Å². The first-order valence-corrected chi connectivity index (χ1v) is 11.3. The van der Waals surface area contributed by atoms with Gasteiger partial charge in [0, 0.05) is 17.5 Å². The summed E-state index contributed by atoms with van der Waals surface area (Å²) >= 11 is 1.38. The van der Waals surface area contributed by atoms with E-state index in [0.29, 0.717) is 10.7 Å². The van der Waals surface area contributed by atoms with E-state index in [1.165, 1.54) is 11.3 Å². The lowest BCUT2D eigenvalue weighted by molar-refractivity contribution is -0.117. The Bertz CT molecular complexity index is 1060. The van der Waals surface area contributed by atoms with Gasteiger partial charge in [0.15, 0.2) is 0 Å². The van der Waals surface area contributed by atoms with E-state index < -0.39 is 0 Å². The van der Waals surface area contributed by atoms with Gasteiger partial charge in [-0.25, -0.2) is 4.68 Å². The van der Waals surface area contributed by atoms with Crippen molar-refractivity contribution in [3.8, 4) is 5.69 Å². The number of hydrogen-bond acceptors (Lipinski definition) is 4. The van der Waals surface area contributed by atoms with E-state index in [2.05, 4.69) is 26.1 Å². The number of aryl methyl sites for hydroxylation is 1. The molecule has 0 aliphatic carbocycles. The zero-order valence-corrected chi connectivity index (χ0v) is 19.8. The lowest BCUT2D eigenvalue weighted by Gasteiger charge is -2.25. The summed E-state index contributed by atoms with van der Waals surface area (Å²) in [6.07, 6.45) is 0. The molecule has 0 fully saturated rings. The minimum Gasteiger partial charge on any atom is -0.326 e. The fourth-order valence-corrected chi connectivity index (χ4v) is 3.87. The molecule has 164 valence electrons. The molecule has 0 atom stereocenters. The first kappa shape index (κ1) is 22.7. The Morgan fingerprint density at radius 2 is 1.87 bits per heavy atom. The number of thiophene rings is 1. The summed E-state index contributed by atoms with van der Waals surface area (Å²) in [7, 11) is 0. The molecule has 1 aromatic carbocycles. The highest BCUT2D eigenvalue weighted by atomic mass is 32.1. The Kier molecular flexibility index (Phi) is 6.65. The molecule has 3 rings (SSSR count). The normalized spacial score (nSPS) is 11.6. The van der Waals surface area contributed by atoms with Crippen molar-refractivity contribution in [1.82, 2.24) is 14.7 Å². The van der Waals surface area contributed by atoms with Crippen molar-refractivity contribution in [3.63, 3.8) is 0 Å². The van der Waals surface area contributed by atoms with Crippen LogP contribution in [0.1, 0.15) is 55.5 Å². The summed E-state index contributed by atoms with van der Waals surface area (Å²) in [6, 6.07) is 13.3. The Labute approximate surface area is 187 Å². The molecule has 7 heteroatoms. The first-order chi connectivity index (χ1) is 14.6. The highest BCUT2D eigenvalue weighted by Gasteiger charge is 2.25. The van der Waals surface area contributed by atoms with Crippen molar-refractivity contribution in [2.75, 3.05) is 11.9 Å². The van der Waals surface area contributed by atoms with Crippen molar-refractivity contribution in [3.05, 3.63) is 64.0 Å². The number of para-hydroxylation sites is 1. The second-order valence-corrected chi connectivity index (χ2v) is 9.86. The van der Waals surface area contributed by atoms with Crippen molar-refractivity contribution in [1.29, 1.82) is 0 Å². The SMILES string of the molecule is Cc1ccccc1-n1nc(C(C)(C)C)cc1NC(=O)CN(C(=O)c1cccs1)C(C)C. The van der Waals surface area contributed by atoms with Gasteiger partial charge in [-0.05, 0) is 43.8 Å². The van der Waals surface area contributed by atoms with Crippen LogP contribution in [0.2, 0.25) is 0 Å². The molecule has 0 spiro atoms. The van der Waals surface area contributed by atoms with Gasteiger partial charge in [-0.3, -0.25) is 9.59 Å². The van der Waals surface area contributed by atoms with E-state index in [1.54, 1.807) is 15.6 Å². The van der Waals surface area contributed by atoms with E-state index >= 15 is 0 Å². The zero-order valence-electron chi connectivity index (χ0n) is 19.0. The van der Waals surface area contributed by atoms with Crippen molar-refractivity contribution >= 4 is 29.0 Å². The first-order valence-electron chi connectivity index (χ1n) is 10.4. The smallest absolute Gasteiger partial charge is 0.264 e. The van der Waals surface area contributed by atoms with Gasteiger partial charge in [0.2, 0.25) is 5.91 Å². The number of benzene rings is 1. The van der Waals surface area contributed by atoms with Gasteiger partial charge in [-0.1, -0.05) is 45.0 Å². The fourth-order valence-electron chi connectivity index (χ4n) is 3.19. The Morgan fingerprint density at radius 3 is 2.45 bits per heavy atom. The topological polar surface area (TPSA) is 67.2 Å². The molecule has 2 heterocycles. The van der Waals surface area contributed by atoms with Crippen LogP contribution in [0.4, 0.5) is 5.82 Å². The van der Waals surface area contributed by atoms with Crippen LogP contribution in [-0.4, -0.2) is 39.1 Å². The molecule has 0 saturated carbocycles. The molecule has 2 aromatic heterocycles. The number of aromatic nitrogens is 2. The van der Waals surface area contributed by atoms with Gasteiger partial charge in [0.1, 0.15) is 12.4 Å². The maximum atomic E-state index is 13.0. The van der Waals surface area contributed by atoms with Crippen molar-refractivity contribution in [2.45, 2.75) is 53.0 Å². The Balaban J connectivity index is 1.88. The molecule has 31 heavy (non-hydrogen) atoms. The summed E-state index contributed by atoms with van der Waals surface area (Å²) in [5.41, 5.74) is 2.66. The maximum Gasteiger partial charge on any atom is 0.264 e. The number of rotatable bonds is 6. The molecular weight excluding hydrogens is 408 g/mol. The van der Waals surface area contributed by atoms with Gasteiger partial charge in [-0.2, -0.15) is 5.10 Å². The molecule has 2 amide bonds. The monoisotopic (exact) mass is 438 g/mol. The average molecular weight is 439 g/mol. The number of nitrogens with zero attached hydrogens (tertiary/aromatic N) is 3. The molecule has 0 radical (unpaired) electrons. The maximum absolute atomic E-state index is 13.0. The summed E-state index contributed by atoms with van der Waals surface area (Å²) < 4.78 is 1.77. The van der Waals surface area contributed by atoms with E-state index in [1.807, 2.05) is 62.5 Å². The number of carbonyl (C=O) groups is 2. The van der Waals surface area contributed by atoms with E-state index in [0.717, 1.165) is 16.9 Å². The number of nitrogens with one attached hydrogen (secondary N) is 1. The standard InChI is InChI=1S/C24H30N4O2S/c1-16(2)27(23(30)19-12-9-13-31-19)15-22(29)25-21-14-20(24(4,5)6)26-28(21)18-11-8-7-10-17(18)3/h7-14,16H,15H2,1-6H3,(H,25,29). The number of amides is 2. The van der Waals surface area contributed by atoms with Crippen LogP contribution >= 0.6 is 11.3 Å². The van der Waals surface area contributed by atoms with Gasteiger partial charge in [0.25, 0.3) is 5.91 Å².